The van der Waals surface area contributed by atoms with E-state index in [2.05, 4.69) is 38.4 Å². The van der Waals surface area contributed by atoms with E-state index in [4.69, 9.17) is 4.74 Å². The number of pyridine rings is 1. The molecule has 2 N–H and O–H groups in total. The summed E-state index contributed by atoms with van der Waals surface area (Å²) in [4.78, 5) is 28.0. The standard InChI is InChI=1S/C22H17BrN2O4/c23-19-11-13(9-10-24-19)20(21(26)27)25-22(28)29-12-18-16-7-3-1-5-14(16)15-6-2-4-8-17(15)18/h1-11,18,20H,12H2,(H,25,28)(H,26,27). The highest BCUT2D eigenvalue weighted by atomic mass is 79.9. The summed E-state index contributed by atoms with van der Waals surface area (Å²) in [6.07, 6.45) is 0.682. The van der Waals surface area contributed by atoms with Crippen LogP contribution >= 0.6 is 15.9 Å². The fourth-order valence-electron chi connectivity index (χ4n) is 3.64. The molecule has 4 rings (SSSR count). The summed E-state index contributed by atoms with van der Waals surface area (Å²) < 4.78 is 5.91. The third-order valence-electron chi connectivity index (χ3n) is 4.94. The van der Waals surface area contributed by atoms with E-state index >= 15 is 0 Å². The lowest BCUT2D eigenvalue weighted by Gasteiger charge is -2.17. The number of rotatable bonds is 5. The maximum Gasteiger partial charge on any atom is 0.408 e. The van der Waals surface area contributed by atoms with Gasteiger partial charge < -0.3 is 15.2 Å². The molecule has 1 heterocycles. The van der Waals surface area contributed by atoms with E-state index < -0.39 is 18.1 Å². The Morgan fingerprint density at radius 1 is 1.07 bits per heavy atom. The molecular formula is C22H17BrN2O4. The number of amides is 1. The molecule has 6 nitrogen and oxygen atoms in total. The summed E-state index contributed by atoms with van der Waals surface area (Å²) in [5.41, 5.74) is 4.83. The smallest absolute Gasteiger partial charge is 0.408 e. The molecule has 3 aromatic rings. The molecular weight excluding hydrogens is 436 g/mol. The van der Waals surface area contributed by atoms with E-state index in [1.54, 1.807) is 6.07 Å². The molecule has 0 fully saturated rings. The number of carboxylic acid groups (broad SMARTS) is 1. The van der Waals surface area contributed by atoms with Gasteiger partial charge in [-0.25, -0.2) is 14.6 Å². The maximum atomic E-state index is 12.4. The minimum atomic E-state index is -1.23. The van der Waals surface area contributed by atoms with Gasteiger partial charge in [0, 0.05) is 12.1 Å². The predicted octanol–water partition coefficient (Wildman–Crippen LogP) is 4.51. The van der Waals surface area contributed by atoms with Crippen molar-refractivity contribution in [3.63, 3.8) is 0 Å². The van der Waals surface area contributed by atoms with Crippen molar-refractivity contribution in [3.8, 4) is 11.1 Å². The van der Waals surface area contributed by atoms with Crippen LogP contribution in [0.25, 0.3) is 11.1 Å². The Morgan fingerprint density at radius 2 is 1.69 bits per heavy atom. The van der Waals surface area contributed by atoms with Crippen molar-refractivity contribution in [1.82, 2.24) is 10.3 Å². The predicted molar refractivity (Wildman–Crippen MR) is 111 cm³/mol. The summed E-state index contributed by atoms with van der Waals surface area (Å²) in [5, 5.41) is 11.9. The number of carbonyl (C=O) groups is 2. The van der Waals surface area contributed by atoms with Gasteiger partial charge in [-0.1, -0.05) is 48.5 Å². The van der Waals surface area contributed by atoms with Gasteiger partial charge in [-0.05, 0) is 55.9 Å². The lowest BCUT2D eigenvalue weighted by atomic mass is 9.98. The van der Waals surface area contributed by atoms with Crippen molar-refractivity contribution in [1.29, 1.82) is 0 Å². The number of carbonyl (C=O) groups excluding carboxylic acids is 1. The second-order valence-electron chi connectivity index (χ2n) is 6.65. The molecule has 29 heavy (non-hydrogen) atoms. The number of hydrogen-bond donors (Lipinski definition) is 2. The normalized spacial score (nSPS) is 13.3. The number of fused-ring (bicyclic) bond motifs is 3. The number of carboxylic acids is 1. The average molecular weight is 453 g/mol. The fraction of sp³-hybridized carbons (Fsp3) is 0.136. The van der Waals surface area contributed by atoms with Crippen LogP contribution < -0.4 is 5.32 Å². The number of nitrogens with zero attached hydrogens (tertiary/aromatic N) is 1. The third kappa shape index (κ3) is 3.86. The molecule has 1 aliphatic rings. The number of alkyl carbamates (subject to hydrolysis) is 1. The Kier molecular flexibility index (Phi) is 5.31. The van der Waals surface area contributed by atoms with Gasteiger partial charge in [-0.2, -0.15) is 0 Å². The second-order valence-corrected chi connectivity index (χ2v) is 7.47. The van der Waals surface area contributed by atoms with E-state index in [0.717, 1.165) is 22.3 Å². The molecule has 0 bridgehead atoms. The first-order valence-corrected chi connectivity index (χ1v) is 9.79. The summed E-state index contributed by atoms with van der Waals surface area (Å²) >= 11 is 3.20. The number of halogens is 1. The maximum absolute atomic E-state index is 12.4. The van der Waals surface area contributed by atoms with E-state index in [9.17, 15) is 14.7 Å². The molecule has 146 valence electrons. The summed E-state index contributed by atoms with van der Waals surface area (Å²) in [6, 6.07) is 17.9. The molecule has 1 amide bonds. The van der Waals surface area contributed by atoms with E-state index in [1.165, 1.54) is 12.3 Å². The topological polar surface area (TPSA) is 88.5 Å². The van der Waals surface area contributed by atoms with Gasteiger partial charge in [0.15, 0.2) is 6.04 Å². The summed E-state index contributed by atoms with van der Waals surface area (Å²) in [7, 11) is 0. The van der Waals surface area contributed by atoms with Crippen molar-refractivity contribution < 1.29 is 19.4 Å². The molecule has 1 aliphatic carbocycles. The van der Waals surface area contributed by atoms with Crippen LogP contribution in [0.4, 0.5) is 4.79 Å². The number of ether oxygens (including phenoxy) is 1. The van der Waals surface area contributed by atoms with Crippen molar-refractivity contribution in [3.05, 3.63) is 88.2 Å². The lowest BCUT2D eigenvalue weighted by Crippen LogP contribution is -2.34. The van der Waals surface area contributed by atoms with E-state index in [-0.39, 0.29) is 12.5 Å². The van der Waals surface area contributed by atoms with Crippen molar-refractivity contribution in [2.24, 2.45) is 0 Å². The van der Waals surface area contributed by atoms with Crippen LogP contribution in [0.15, 0.2) is 71.5 Å². The molecule has 0 aliphatic heterocycles. The van der Waals surface area contributed by atoms with Crippen LogP contribution in [-0.4, -0.2) is 28.8 Å². The Hall–Kier alpha value is -3.19. The molecule has 1 aromatic heterocycles. The zero-order valence-corrected chi connectivity index (χ0v) is 16.8. The molecule has 0 radical (unpaired) electrons. The quantitative estimate of drug-likeness (QED) is 0.555. The van der Waals surface area contributed by atoms with E-state index in [1.807, 2.05) is 36.4 Å². The van der Waals surface area contributed by atoms with Crippen molar-refractivity contribution >= 4 is 28.0 Å². The van der Waals surface area contributed by atoms with Crippen molar-refractivity contribution in [2.45, 2.75) is 12.0 Å². The number of aromatic nitrogens is 1. The van der Waals surface area contributed by atoms with Gasteiger partial charge in [0.1, 0.15) is 11.2 Å². The molecule has 0 saturated carbocycles. The Bertz CT molecular complexity index is 1040. The summed E-state index contributed by atoms with van der Waals surface area (Å²) in [5.74, 6) is -1.27. The van der Waals surface area contributed by atoms with Gasteiger partial charge >= 0.3 is 12.1 Å². The minimum absolute atomic E-state index is 0.0912. The highest BCUT2D eigenvalue weighted by Gasteiger charge is 2.30. The Balaban J connectivity index is 1.49. The molecule has 1 unspecified atom stereocenters. The van der Waals surface area contributed by atoms with Gasteiger partial charge in [-0.15, -0.1) is 0 Å². The molecule has 7 heteroatoms. The first-order chi connectivity index (χ1) is 14.0. The third-order valence-corrected chi connectivity index (χ3v) is 5.37. The Morgan fingerprint density at radius 3 is 2.28 bits per heavy atom. The van der Waals surface area contributed by atoms with Crippen LogP contribution in [0, 0.1) is 0 Å². The number of nitrogens with one attached hydrogen (secondary N) is 1. The lowest BCUT2D eigenvalue weighted by molar-refractivity contribution is -0.139. The minimum Gasteiger partial charge on any atom is -0.479 e. The highest BCUT2D eigenvalue weighted by Crippen LogP contribution is 2.44. The van der Waals surface area contributed by atoms with Crippen LogP contribution in [-0.2, 0) is 9.53 Å². The number of hydrogen-bond acceptors (Lipinski definition) is 4. The summed E-state index contributed by atoms with van der Waals surface area (Å²) in [6.45, 7) is 0.117. The van der Waals surface area contributed by atoms with Crippen molar-refractivity contribution in [2.75, 3.05) is 6.61 Å². The van der Waals surface area contributed by atoms with Gasteiger partial charge in [-0.3, -0.25) is 0 Å². The van der Waals surface area contributed by atoms with E-state index in [0.29, 0.717) is 10.2 Å². The molecule has 2 aromatic carbocycles. The van der Waals surface area contributed by atoms with Gasteiger partial charge in [0.25, 0.3) is 0 Å². The molecule has 1 atom stereocenters. The monoisotopic (exact) mass is 452 g/mol. The first kappa shape index (κ1) is 19.1. The second kappa shape index (κ2) is 8.05. The molecule has 0 saturated heterocycles. The first-order valence-electron chi connectivity index (χ1n) is 9.00. The van der Waals surface area contributed by atoms with Gasteiger partial charge in [0.2, 0.25) is 0 Å². The number of benzene rings is 2. The van der Waals surface area contributed by atoms with Crippen LogP contribution in [0.1, 0.15) is 28.7 Å². The van der Waals surface area contributed by atoms with Crippen LogP contribution in [0.2, 0.25) is 0 Å². The zero-order chi connectivity index (χ0) is 20.4. The van der Waals surface area contributed by atoms with Gasteiger partial charge in [0.05, 0.1) is 0 Å². The average Bonchev–Trinajstić information content (AvgIpc) is 3.04. The zero-order valence-electron chi connectivity index (χ0n) is 15.2. The Labute approximate surface area is 175 Å². The van der Waals surface area contributed by atoms with Crippen LogP contribution in [0.5, 0.6) is 0 Å². The number of aliphatic carboxylic acids is 1. The highest BCUT2D eigenvalue weighted by molar-refractivity contribution is 9.10. The SMILES string of the molecule is O=C(NC(C(=O)O)c1ccnc(Br)c1)OCC1c2ccccc2-c2ccccc21. The fourth-order valence-corrected chi connectivity index (χ4v) is 4.03. The largest absolute Gasteiger partial charge is 0.479 e. The van der Waals surface area contributed by atoms with Crippen LogP contribution in [0.3, 0.4) is 0 Å². The molecule has 0 spiro atoms.